The minimum absolute atomic E-state index is 0.0525. The summed E-state index contributed by atoms with van der Waals surface area (Å²) in [6.07, 6.45) is -3.57. The van der Waals surface area contributed by atoms with Crippen LogP contribution in [0.5, 0.6) is 0 Å². The summed E-state index contributed by atoms with van der Waals surface area (Å²) in [6.45, 7) is -0.242. The van der Waals surface area contributed by atoms with Crippen molar-refractivity contribution in [1.29, 1.82) is 0 Å². The van der Waals surface area contributed by atoms with Crippen LogP contribution < -0.4 is 10.2 Å². The number of benzene rings is 2. The molecule has 30 heavy (non-hydrogen) atoms. The van der Waals surface area contributed by atoms with E-state index in [1.165, 1.54) is 18.2 Å². The first-order chi connectivity index (χ1) is 14.1. The summed E-state index contributed by atoms with van der Waals surface area (Å²) in [5.41, 5.74) is -0.963. The molecule has 1 N–H and O–H groups in total. The number of carbonyl (C=O) groups excluding carboxylic acids is 3. The maximum atomic E-state index is 13.1. The molecule has 6 nitrogen and oxygen atoms in total. The van der Waals surface area contributed by atoms with Gasteiger partial charge in [-0.1, -0.05) is 17.7 Å². The number of hydrogen-bond acceptors (Lipinski definition) is 4. The predicted octanol–water partition coefficient (Wildman–Crippen LogP) is 4.28. The number of anilines is 2. The zero-order valence-corrected chi connectivity index (χ0v) is 16.2. The number of halogens is 4. The van der Waals surface area contributed by atoms with Crippen LogP contribution in [0.15, 0.2) is 42.5 Å². The third-order valence-corrected chi connectivity index (χ3v) is 4.60. The van der Waals surface area contributed by atoms with Gasteiger partial charge in [-0.05, 0) is 42.8 Å². The van der Waals surface area contributed by atoms with Crippen molar-refractivity contribution in [3.8, 4) is 0 Å². The Morgan fingerprint density at radius 1 is 1.17 bits per heavy atom. The number of carbonyl (C=O) groups is 3. The summed E-state index contributed by atoms with van der Waals surface area (Å²) >= 11 is 5.59. The highest BCUT2D eigenvalue weighted by Crippen LogP contribution is 2.36. The Morgan fingerprint density at radius 3 is 2.60 bits per heavy atom. The zero-order chi connectivity index (χ0) is 21.9. The molecule has 0 atom stereocenters. The van der Waals surface area contributed by atoms with Crippen molar-refractivity contribution < 1.29 is 32.3 Å². The van der Waals surface area contributed by atoms with Crippen molar-refractivity contribution >= 4 is 40.8 Å². The van der Waals surface area contributed by atoms with Crippen LogP contribution in [0.25, 0.3) is 0 Å². The van der Waals surface area contributed by atoms with Gasteiger partial charge in [-0.3, -0.25) is 9.59 Å². The Labute approximate surface area is 174 Å². The Hall–Kier alpha value is -3.07. The smallest absolute Gasteiger partial charge is 0.418 e. The van der Waals surface area contributed by atoms with Crippen molar-refractivity contribution in [3.05, 3.63) is 58.6 Å². The molecule has 2 aromatic carbocycles. The van der Waals surface area contributed by atoms with Gasteiger partial charge in [0.05, 0.1) is 16.8 Å². The van der Waals surface area contributed by atoms with Crippen LogP contribution in [-0.2, 0) is 20.5 Å². The summed E-state index contributed by atoms with van der Waals surface area (Å²) in [7, 11) is 0. The fraction of sp³-hybridized carbons (Fsp3) is 0.250. The number of amides is 2. The Kier molecular flexibility index (Phi) is 6.31. The molecule has 0 aromatic heterocycles. The van der Waals surface area contributed by atoms with Gasteiger partial charge in [-0.25, -0.2) is 4.79 Å². The highest BCUT2D eigenvalue weighted by atomic mass is 35.5. The maximum Gasteiger partial charge on any atom is 0.418 e. The Bertz CT molecular complexity index is 994. The lowest BCUT2D eigenvalue weighted by Crippen LogP contribution is -2.24. The summed E-state index contributed by atoms with van der Waals surface area (Å²) < 4.78 is 44.1. The lowest BCUT2D eigenvalue weighted by atomic mass is 10.1. The average molecular weight is 441 g/mol. The van der Waals surface area contributed by atoms with Gasteiger partial charge in [-0.2, -0.15) is 13.2 Å². The van der Waals surface area contributed by atoms with Crippen LogP contribution in [0.4, 0.5) is 24.5 Å². The topological polar surface area (TPSA) is 75.7 Å². The molecule has 1 fully saturated rings. The van der Waals surface area contributed by atoms with Gasteiger partial charge >= 0.3 is 12.1 Å². The average Bonchev–Trinajstić information content (AvgIpc) is 3.12. The molecular weight excluding hydrogens is 425 g/mol. The second kappa shape index (κ2) is 8.74. The fourth-order valence-electron chi connectivity index (χ4n) is 2.98. The summed E-state index contributed by atoms with van der Waals surface area (Å²) in [5, 5.41) is 1.93. The van der Waals surface area contributed by atoms with Crippen LogP contribution in [0.3, 0.4) is 0 Å². The minimum atomic E-state index is -4.72. The number of nitrogens with zero attached hydrogens (tertiary/aromatic N) is 1. The zero-order valence-electron chi connectivity index (χ0n) is 15.5. The normalized spacial score (nSPS) is 14.0. The van der Waals surface area contributed by atoms with E-state index >= 15 is 0 Å². The van der Waals surface area contributed by atoms with Gasteiger partial charge in [0.1, 0.15) is 0 Å². The van der Waals surface area contributed by atoms with Gasteiger partial charge in [0.2, 0.25) is 5.91 Å². The van der Waals surface area contributed by atoms with E-state index in [2.05, 4.69) is 5.32 Å². The molecule has 1 saturated heterocycles. The van der Waals surface area contributed by atoms with Crippen LogP contribution in [-0.4, -0.2) is 30.9 Å². The molecule has 1 aliphatic rings. The highest BCUT2D eigenvalue weighted by molar-refractivity contribution is 6.30. The number of hydrogen-bond donors (Lipinski definition) is 1. The van der Waals surface area contributed by atoms with Crippen LogP contribution in [0, 0.1) is 0 Å². The van der Waals surface area contributed by atoms with E-state index in [9.17, 15) is 27.6 Å². The van der Waals surface area contributed by atoms with Crippen LogP contribution in [0.2, 0.25) is 5.02 Å². The Balaban J connectivity index is 1.63. The van der Waals surface area contributed by atoms with Crippen LogP contribution in [0.1, 0.15) is 28.8 Å². The first kappa shape index (κ1) is 21.6. The molecule has 1 aliphatic heterocycles. The summed E-state index contributed by atoms with van der Waals surface area (Å²) in [4.78, 5) is 37.6. The molecule has 158 valence electrons. The van der Waals surface area contributed by atoms with Gasteiger partial charge < -0.3 is 15.0 Å². The minimum Gasteiger partial charge on any atom is -0.452 e. The molecule has 1 heterocycles. The van der Waals surface area contributed by atoms with Crippen molar-refractivity contribution in [2.24, 2.45) is 0 Å². The third kappa shape index (κ3) is 5.10. The number of nitrogens with one attached hydrogen (secondary N) is 1. The quantitative estimate of drug-likeness (QED) is 0.704. The van der Waals surface area contributed by atoms with E-state index in [4.69, 9.17) is 16.3 Å². The van der Waals surface area contributed by atoms with Gasteiger partial charge in [0, 0.05) is 23.7 Å². The van der Waals surface area contributed by atoms with Crippen LogP contribution >= 0.6 is 11.6 Å². The van der Waals surface area contributed by atoms with Crippen molar-refractivity contribution in [2.45, 2.75) is 19.0 Å². The lowest BCUT2D eigenvalue weighted by molar-refractivity contribution is -0.137. The number of alkyl halides is 3. The molecular formula is C20H16ClF3N2O4. The standard InChI is InChI=1S/C20H16ClF3N2O4/c21-13-6-7-16(15(10-13)20(22,23)24)25-17(27)11-30-19(29)12-3-1-4-14(9-12)26-8-2-5-18(26)28/h1,3-4,6-7,9-10H,2,5,8,11H2,(H,25,27). The highest BCUT2D eigenvalue weighted by Gasteiger charge is 2.34. The molecule has 0 radical (unpaired) electrons. The van der Waals surface area contributed by atoms with Gasteiger partial charge in [0.15, 0.2) is 6.61 Å². The first-order valence-electron chi connectivity index (χ1n) is 8.89. The van der Waals surface area contributed by atoms with E-state index < -0.39 is 35.9 Å². The monoisotopic (exact) mass is 440 g/mol. The molecule has 10 heteroatoms. The summed E-state index contributed by atoms with van der Waals surface area (Å²) in [5.74, 6) is -1.84. The molecule has 0 aliphatic carbocycles. The molecule has 0 unspecified atom stereocenters. The Morgan fingerprint density at radius 2 is 1.93 bits per heavy atom. The summed E-state index contributed by atoms with van der Waals surface area (Å²) in [6, 6.07) is 9.06. The van der Waals surface area contributed by atoms with Crippen molar-refractivity contribution in [2.75, 3.05) is 23.4 Å². The maximum absolute atomic E-state index is 13.1. The lowest BCUT2D eigenvalue weighted by Gasteiger charge is -2.16. The second-order valence-electron chi connectivity index (χ2n) is 6.51. The predicted molar refractivity (Wildman–Crippen MR) is 103 cm³/mol. The van der Waals surface area contributed by atoms with Gasteiger partial charge in [0.25, 0.3) is 5.91 Å². The second-order valence-corrected chi connectivity index (χ2v) is 6.95. The van der Waals surface area contributed by atoms with E-state index in [1.54, 1.807) is 17.0 Å². The van der Waals surface area contributed by atoms with Gasteiger partial charge in [-0.15, -0.1) is 0 Å². The fourth-order valence-corrected chi connectivity index (χ4v) is 3.15. The van der Waals surface area contributed by atoms with E-state index in [0.29, 0.717) is 24.7 Å². The molecule has 0 bridgehead atoms. The van der Waals surface area contributed by atoms with Crippen molar-refractivity contribution in [3.63, 3.8) is 0 Å². The number of esters is 1. The van der Waals surface area contributed by atoms with Crippen molar-refractivity contribution in [1.82, 2.24) is 0 Å². The van der Waals surface area contributed by atoms with E-state index in [-0.39, 0.29) is 16.5 Å². The van der Waals surface area contributed by atoms with E-state index in [0.717, 1.165) is 12.5 Å². The van der Waals surface area contributed by atoms with E-state index in [1.807, 2.05) is 0 Å². The molecule has 0 spiro atoms. The molecule has 3 rings (SSSR count). The third-order valence-electron chi connectivity index (χ3n) is 4.36. The number of ether oxygens (including phenoxy) is 1. The SMILES string of the molecule is O=C(COC(=O)c1cccc(N2CCCC2=O)c1)Nc1ccc(Cl)cc1C(F)(F)F. The number of rotatable bonds is 5. The largest absolute Gasteiger partial charge is 0.452 e. The first-order valence-corrected chi connectivity index (χ1v) is 9.27. The molecule has 0 saturated carbocycles. The molecule has 2 amide bonds. The molecule has 2 aromatic rings.